The lowest BCUT2D eigenvalue weighted by molar-refractivity contribution is 0.295. The van der Waals surface area contributed by atoms with Crippen LogP contribution in [0.3, 0.4) is 0 Å². The zero-order valence-corrected chi connectivity index (χ0v) is 29.1. The predicted molar refractivity (Wildman–Crippen MR) is 187 cm³/mol. The number of rotatable bonds is 3. The summed E-state index contributed by atoms with van der Waals surface area (Å²) in [6.07, 6.45) is 8.09. The molecule has 1 aliphatic carbocycles. The van der Waals surface area contributed by atoms with E-state index in [1.54, 1.807) is 0 Å². The number of nitrogen functional groups attached to an aromatic ring is 1. The molecule has 0 radical (unpaired) electrons. The maximum absolute atomic E-state index is 16.6. The minimum absolute atomic E-state index is 0.135. The molecule has 6 nitrogen and oxygen atoms in total. The van der Waals surface area contributed by atoms with Crippen molar-refractivity contribution in [3.05, 3.63) is 57.4 Å². The van der Waals surface area contributed by atoms with Crippen molar-refractivity contribution in [1.29, 1.82) is 5.26 Å². The Labute approximate surface area is 295 Å². The smallest absolute Gasteiger partial charge is 0.270 e. The highest BCUT2D eigenvalue weighted by molar-refractivity contribution is 7.23. The van der Waals surface area contributed by atoms with E-state index in [2.05, 4.69) is 20.9 Å². The second-order valence-corrected chi connectivity index (χ2v) is 14.4. The third-order valence-corrected chi connectivity index (χ3v) is 11.6. The average Bonchev–Trinajstić information content (AvgIpc) is 3.89. The Morgan fingerprint density at radius 3 is 2.42 bits per heavy atom. The van der Waals surface area contributed by atoms with E-state index in [1.807, 2.05) is 6.92 Å². The molecular formula is C36H37ClF6N6S. The van der Waals surface area contributed by atoms with E-state index < -0.39 is 24.6 Å². The molecule has 2 N–H and O–H groups in total. The number of alkyl halides is 2. The molecule has 14 heteroatoms. The Bertz CT molecular complexity index is 1970. The number of hydrogen-bond donors (Lipinski definition) is 1. The molecule has 2 saturated heterocycles. The molecule has 0 amide bonds. The van der Waals surface area contributed by atoms with Gasteiger partial charge in [0.25, 0.3) is 6.08 Å². The molecule has 50 heavy (non-hydrogen) atoms. The lowest BCUT2D eigenvalue weighted by atomic mass is 9.93. The molecule has 1 saturated carbocycles. The Kier molecular flexibility index (Phi) is 11.1. The molecule has 3 fully saturated rings. The number of hydrogen-bond acceptors (Lipinski definition) is 7. The molecule has 1 unspecified atom stereocenters. The molecule has 8 rings (SSSR count). The first-order valence-electron chi connectivity index (χ1n) is 16.9. The number of aryl methyl sites for hydroxylation is 2. The monoisotopic (exact) mass is 734 g/mol. The van der Waals surface area contributed by atoms with E-state index >= 15 is 4.39 Å². The Morgan fingerprint density at radius 2 is 1.76 bits per heavy atom. The number of fused-ring (bicyclic) bond motifs is 2. The SMILES string of the molecule is CCc1nc2c3c(c(Cl)c(-c4ccc(F)c5sc(N)c(C#N)c45)c(F)c3n1)CCCN2C1CCCC1.FC(F)=C1CC2CCCN2C1.FCF. The Morgan fingerprint density at radius 1 is 1.04 bits per heavy atom. The van der Waals surface area contributed by atoms with Gasteiger partial charge in [-0.05, 0) is 68.7 Å². The number of anilines is 2. The van der Waals surface area contributed by atoms with Crippen LogP contribution in [0.25, 0.3) is 32.1 Å². The van der Waals surface area contributed by atoms with Crippen LogP contribution in [0, 0.1) is 23.0 Å². The van der Waals surface area contributed by atoms with Crippen LogP contribution in [0.1, 0.15) is 75.2 Å². The van der Waals surface area contributed by atoms with Gasteiger partial charge in [-0.2, -0.15) is 14.0 Å². The van der Waals surface area contributed by atoms with Crippen LogP contribution < -0.4 is 10.6 Å². The molecule has 4 aliphatic rings. The summed E-state index contributed by atoms with van der Waals surface area (Å²) in [6.45, 7) is 2.56. The van der Waals surface area contributed by atoms with Crippen molar-refractivity contribution in [3.63, 3.8) is 0 Å². The first-order valence-corrected chi connectivity index (χ1v) is 18.1. The van der Waals surface area contributed by atoms with Crippen molar-refractivity contribution >= 4 is 54.7 Å². The third-order valence-electron chi connectivity index (χ3n) is 10.2. The average molecular weight is 735 g/mol. The number of benzene rings is 2. The fourth-order valence-corrected chi connectivity index (χ4v) is 9.24. The number of nitrogens with two attached hydrogens (primary N) is 1. The van der Waals surface area contributed by atoms with Gasteiger partial charge in [0, 0.05) is 48.1 Å². The molecule has 0 bridgehead atoms. The van der Waals surface area contributed by atoms with Crippen molar-refractivity contribution in [2.24, 2.45) is 0 Å². The van der Waals surface area contributed by atoms with Crippen LogP contribution >= 0.6 is 22.9 Å². The molecule has 5 heterocycles. The molecule has 3 aliphatic heterocycles. The Balaban J connectivity index is 0.000000258. The van der Waals surface area contributed by atoms with E-state index in [0.29, 0.717) is 65.6 Å². The largest absolute Gasteiger partial charge is 0.389 e. The van der Waals surface area contributed by atoms with Gasteiger partial charge in [-0.3, -0.25) is 4.90 Å². The van der Waals surface area contributed by atoms with Crippen molar-refractivity contribution in [3.8, 4) is 17.2 Å². The molecule has 266 valence electrons. The number of aromatic nitrogens is 2. The highest BCUT2D eigenvalue weighted by atomic mass is 35.5. The maximum atomic E-state index is 16.6. The lowest BCUT2D eigenvalue weighted by Gasteiger charge is -2.30. The van der Waals surface area contributed by atoms with E-state index in [4.69, 9.17) is 22.3 Å². The quantitative estimate of drug-likeness (QED) is 0.211. The van der Waals surface area contributed by atoms with Crippen molar-refractivity contribution in [2.45, 2.75) is 83.2 Å². The normalized spacial score (nSPS) is 18.8. The van der Waals surface area contributed by atoms with E-state index in [-0.39, 0.29) is 31.4 Å². The zero-order chi connectivity index (χ0) is 35.7. The van der Waals surface area contributed by atoms with Gasteiger partial charge in [0.05, 0.1) is 20.7 Å². The van der Waals surface area contributed by atoms with Crippen LogP contribution in [0.4, 0.5) is 37.2 Å². The fraction of sp³-hybridized carbons (Fsp3) is 0.472. The van der Waals surface area contributed by atoms with Crippen molar-refractivity contribution < 1.29 is 26.3 Å². The van der Waals surface area contributed by atoms with Gasteiger partial charge in [0.2, 0.25) is 6.93 Å². The maximum Gasteiger partial charge on any atom is 0.270 e. The van der Waals surface area contributed by atoms with Gasteiger partial charge in [0.1, 0.15) is 34.0 Å². The van der Waals surface area contributed by atoms with Gasteiger partial charge >= 0.3 is 0 Å². The van der Waals surface area contributed by atoms with Crippen LogP contribution in [0.2, 0.25) is 5.02 Å². The van der Waals surface area contributed by atoms with Crippen LogP contribution in [-0.2, 0) is 12.8 Å². The van der Waals surface area contributed by atoms with E-state index in [0.717, 1.165) is 61.5 Å². The minimum Gasteiger partial charge on any atom is -0.389 e. The Hall–Kier alpha value is -3.60. The predicted octanol–water partition coefficient (Wildman–Crippen LogP) is 10.0. The minimum atomic E-state index is -1.75. The summed E-state index contributed by atoms with van der Waals surface area (Å²) < 4.78 is 74.9. The van der Waals surface area contributed by atoms with Crippen LogP contribution in [0.5, 0.6) is 0 Å². The van der Waals surface area contributed by atoms with Gasteiger partial charge in [0.15, 0.2) is 5.82 Å². The summed E-state index contributed by atoms with van der Waals surface area (Å²) in [4.78, 5) is 14.0. The lowest BCUT2D eigenvalue weighted by Crippen LogP contribution is -2.34. The summed E-state index contributed by atoms with van der Waals surface area (Å²) in [7, 11) is 0. The number of thiophene rings is 1. The first kappa shape index (κ1) is 36.2. The molecule has 2 aromatic carbocycles. The molecule has 1 atom stereocenters. The molecular weight excluding hydrogens is 698 g/mol. The molecule has 0 spiro atoms. The standard InChI is InChI=1S/C27H24ClF2N5S.C8H11F2N.CH2F2/c1-2-18-33-24-21-15(8-5-11-35(27(21)34-18)13-6-3-4-7-13)22(28)20(23(24)30)14-9-10-17(29)25-19(14)16(12-31)26(32)36-25;9-8(10)6-4-7-2-1-3-11(7)5-6;2-1-3/h9-10,13H,2-8,11,32H2,1H3;7H,1-5H2;1H2. The van der Waals surface area contributed by atoms with E-state index in [1.165, 1.54) is 31.4 Å². The zero-order valence-electron chi connectivity index (χ0n) is 27.6. The number of halogens is 7. The number of nitriles is 1. The third kappa shape index (κ3) is 6.62. The number of nitrogens with zero attached hydrogens (tertiary/aromatic N) is 5. The van der Waals surface area contributed by atoms with Crippen LogP contribution in [-0.4, -0.2) is 53.5 Å². The molecule has 4 aromatic rings. The second kappa shape index (κ2) is 15.3. The topological polar surface area (TPSA) is 82.1 Å². The molecule has 2 aromatic heterocycles. The summed E-state index contributed by atoms with van der Waals surface area (Å²) in [6, 6.07) is 5.64. The van der Waals surface area contributed by atoms with Gasteiger partial charge in [-0.25, -0.2) is 27.5 Å². The highest BCUT2D eigenvalue weighted by Gasteiger charge is 2.34. The highest BCUT2D eigenvalue weighted by Crippen LogP contribution is 2.48. The summed E-state index contributed by atoms with van der Waals surface area (Å²) in [5, 5.41) is 11.2. The van der Waals surface area contributed by atoms with Crippen molar-refractivity contribution in [2.75, 3.05) is 37.2 Å². The second-order valence-electron chi connectivity index (χ2n) is 12.9. The van der Waals surface area contributed by atoms with Crippen molar-refractivity contribution in [1.82, 2.24) is 14.9 Å². The van der Waals surface area contributed by atoms with Gasteiger partial charge in [-0.15, -0.1) is 11.3 Å². The fourth-order valence-electron chi connectivity index (χ4n) is 7.92. The first-order chi connectivity index (χ1) is 24.1. The van der Waals surface area contributed by atoms with Crippen LogP contribution in [0.15, 0.2) is 23.8 Å². The van der Waals surface area contributed by atoms with E-state index in [9.17, 15) is 27.2 Å². The summed E-state index contributed by atoms with van der Waals surface area (Å²) in [5.74, 6) is 0.257. The summed E-state index contributed by atoms with van der Waals surface area (Å²) in [5.41, 5.74) is 8.08. The summed E-state index contributed by atoms with van der Waals surface area (Å²) >= 11 is 8.00. The van der Waals surface area contributed by atoms with Gasteiger partial charge < -0.3 is 10.6 Å². The van der Waals surface area contributed by atoms with Gasteiger partial charge in [-0.1, -0.05) is 37.4 Å².